The van der Waals surface area contributed by atoms with Crippen molar-refractivity contribution < 1.29 is 9.47 Å². The number of fused-ring (bicyclic) bond motifs is 1. The van der Waals surface area contributed by atoms with Crippen molar-refractivity contribution in [3.8, 4) is 11.6 Å². The summed E-state index contributed by atoms with van der Waals surface area (Å²) in [4.78, 5) is 13.5. The molecular formula is C23H21ClN6O2. The number of rotatable bonds is 5. The van der Waals surface area contributed by atoms with Crippen molar-refractivity contribution in [1.82, 2.24) is 29.3 Å². The maximum absolute atomic E-state index is 6.02. The van der Waals surface area contributed by atoms with Gasteiger partial charge in [0.2, 0.25) is 0 Å². The Morgan fingerprint density at radius 1 is 1.19 bits per heavy atom. The number of methoxy groups -OCH3 is 1. The van der Waals surface area contributed by atoms with Gasteiger partial charge in [-0.25, -0.2) is 19.6 Å². The average Bonchev–Trinajstić information content (AvgIpc) is 3.43. The second-order valence-corrected chi connectivity index (χ2v) is 7.84. The normalized spacial score (nSPS) is 15.8. The Morgan fingerprint density at radius 3 is 2.78 bits per heavy atom. The van der Waals surface area contributed by atoms with Gasteiger partial charge in [0.05, 0.1) is 26.0 Å². The van der Waals surface area contributed by atoms with E-state index in [1.165, 1.54) is 0 Å². The number of nitrogens with zero attached hydrogens (tertiary/aromatic N) is 6. The van der Waals surface area contributed by atoms with Crippen molar-refractivity contribution in [2.24, 2.45) is 0 Å². The highest BCUT2D eigenvalue weighted by Crippen LogP contribution is 2.29. The van der Waals surface area contributed by atoms with Crippen LogP contribution in [-0.2, 0) is 11.3 Å². The highest BCUT2D eigenvalue weighted by Gasteiger charge is 2.26. The molecule has 8 nitrogen and oxygen atoms in total. The molecule has 0 unspecified atom stereocenters. The molecular weight excluding hydrogens is 428 g/mol. The number of hydrogen-bond donors (Lipinski definition) is 0. The Hall–Kier alpha value is -3.49. The first kappa shape index (κ1) is 20.4. The van der Waals surface area contributed by atoms with Gasteiger partial charge in [-0.05, 0) is 48.4 Å². The lowest BCUT2D eigenvalue weighted by Gasteiger charge is -2.23. The smallest absolute Gasteiger partial charge is 0.180 e. The summed E-state index contributed by atoms with van der Waals surface area (Å²) in [6.45, 7) is 3.16. The first-order chi connectivity index (χ1) is 15.6. The van der Waals surface area contributed by atoms with Gasteiger partial charge in [0.15, 0.2) is 23.2 Å². The highest BCUT2D eigenvalue weighted by atomic mass is 35.5. The lowest BCUT2D eigenvalue weighted by molar-refractivity contribution is 0.0390. The minimum absolute atomic E-state index is 0.268. The van der Waals surface area contributed by atoms with Gasteiger partial charge in [-0.1, -0.05) is 23.7 Å². The molecule has 5 rings (SSSR count). The summed E-state index contributed by atoms with van der Waals surface area (Å²) in [5.41, 5.74) is 2.78. The van der Waals surface area contributed by atoms with E-state index in [-0.39, 0.29) is 6.10 Å². The Labute approximate surface area is 190 Å². The van der Waals surface area contributed by atoms with Crippen LogP contribution >= 0.6 is 11.6 Å². The van der Waals surface area contributed by atoms with Crippen LogP contribution in [0, 0.1) is 6.92 Å². The molecule has 9 heteroatoms. The van der Waals surface area contributed by atoms with Crippen LogP contribution < -0.4 is 4.74 Å². The fourth-order valence-corrected chi connectivity index (χ4v) is 3.74. The Bertz CT molecular complexity index is 1280. The lowest BCUT2D eigenvalue weighted by Crippen LogP contribution is -2.23. The highest BCUT2D eigenvalue weighted by molar-refractivity contribution is 6.30. The fourth-order valence-electron chi connectivity index (χ4n) is 3.61. The second kappa shape index (κ2) is 8.57. The van der Waals surface area contributed by atoms with Gasteiger partial charge < -0.3 is 9.47 Å². The van der Waals surface area contributed by atoms with Gasteiger partial charge >= 0.3 is 0 Å². The molecule has 3 aromatic heterocycles. The van der Waals surface area contributed by atoms with E-state index in [2.05, 4.69) is 15.1 Å². The third kappa shape index (κ3) is 4.02. The Kier molecular flexibility index (Phi) is 5.46. The molecule has 0 saturated carbocycles. The molecule has 4 heterocycles. The molecule has 1 aromatic carbocycles. The molecule has 162 valence electrons. The molecule has 0 saturated heterocycles. The van der Waals surface area contributed by atoms with Gasteiger partial charge in [-0.2, -0.15) is 5.10 Å². The number of benzene rings is 1. The van der Waals surface area contributed by atoms with Gasteiger partial charge in [-0.3, -0.25) is 4.57 Å². The molecule has 1 aliphatic heterocycles. The van der Waals surface area contributed by atoms with Crippen LogP contribution in [-0.4, -0.2) is 43.0 Å². The predicted octanol–water partition coefficient (Wildman–Crippen LogP) is 4.12. The summed E-state index contributed by atoms with van der Waals surface area (Å²) in [6, 6.07) is 9.53. The summed E-state index contributed by atoms with van der Waals surface area (Å²) in [6.07, 6.45) is 8.90. The molecule has 1 aliphatic rings. The van der Waals surface area contributed by atoms with Crippen molar-refractivity contribution in [3.63, 3.8) is 0 Å². The first-order valence-corrected chi connectivity index (χ1v) is 10.5. The summed E-state index contributed by atoms with van der Waals surface area (Å²) < 4.78 is 15.2. The molecule has 0 amide bonds. The number of pyridine rings is 1. The van der Waals surface area contributed by atoms with Gasteiger partial charge in [-0.15, -0.1) is 0 Å². The lowest BCUT2D eigenvalue weighted by atomic mass is 10.1. The van der Waals surface area contributed by atoms with E-state index in [0.29, 0.717) is 35.6 Å². The number of ether oxygens (including phenoxy) is 2. The van der Waals surface area contributed by atoms with Crippen LogP contribution in [0.5, 0.6) is 5.75 Å². The van der Waals surface area contributed by atoms with Crippen LogP contribution in [0.25, 0.3) is 18.0 Å². The topological polar surface area (TPSA) is 79.9 Å². The molecule has 0 fully saturated rings. The summed E-state index contributed by atoms with van der Waals surface area (Å²) in [5, 5.41) is 5.31. The van der Waals surface area contributed by atoms with E-state index >= 15 is 0 Å². The fraction of sp³-hybridized carbons (Fsp3) is 0.217. The third-order valence-corrected chi connectivity index (χ3v) is 5.42. The zero-order valence-electron chi connectivity index (χ0n) is 17.6. The van der Waals surface area contributed by atoms with Crippen LogP contribution in [0.4, 0.5) is 0 Å². The van der Waals surface area contributed by atoms with Crippen molar-refractivity contribution in [1.29, 1.82) is 0 Å². The van der Waals surface area contributed by atoms with Crippen LogP contribution in [0.1, 0.15) is 34.6 Å². The van der Waals surface area contributed by atoms with Gasteiger partial charge in [0.1, 0.15) is 12.4 Å². The molecule has 32 heavy (non-hydrogen) atoms. The molecule has 0 radical (unpaired) electrons. The molecule has 0 N–H and O–H groups in total. The van der Waals surface area contributed by atoms with Crippen molar-refractivity contribution in [2.75, 3.05) is 13.7 Å². The van der Waals surface area contributed by atoms with Gasteiger partial charge in [0.25, 0.3) is 0 Å². The minimum Gasteiger partial charge on any atom is -0.493 e. The number of imidazole rings is 1. The van der Waals surface area contributed by atoms with Crippen molar-refractivity contribution in [3.05, 3.63) is 82.5 Å². The van der Waals surface area contributed by atoms with E-state index in [9.17, 15) is 0 Å². The summed E-state index contributed by atoms with van der Waals surface area (Å²) in [7, 11) is 1.62. The predicted molar refractivity (Wildman–Crippen MR) is 121 cm³/mol. The number of hydrogen-bond acceptors (Lipinski definition) is 6. The summed E-state index contributed by atoms with van der Waals surface area (Å²) in [5.74, 6) is 2.72. The summed E-state index contributed by atoms with van der Waals surface area (Å²) >= 11 is 6.02. The zero-order valence-corrected chi connectivity index (χ0v) is 18.4. The first-order valence-electron chi connectivity index (χ1n) is 10.2. The maximum atomic E-state index is 6.02. The van der Waals surface area contributed by atoms with Crippen LogP contribution in [0.2, 0.25) is 5.02 Å². The standard InChI is InChI=1S/C23H21ClN6O2/c1-15-13-29(14-26-15)22-19(31-2)11-16(12-25-22)3-8-20-27-23-21(32-10-9-30(23)28-20)17-4-6-18(24)7-5-17/h3-8,11-14,21H,9-10H2,1-2H3/b8-3+/t21-/m0/s1. The quantitative estimate of drug-likeness (QED) is 0.457. The molecule has 0 spiro atoms. The third-order valence-electron chi connectivity index (χ3n) is 5.17. The monoisotopic (exact) mass is 448 g/mol. The van der Waals surface area contributed by atoms with Crippen LogP contribution in [0.15, 0.2) is 49.1 Å². The Balaban J connectivity index is 1.40. The number of aromatic nitrogens is 6. The van der Waals surface area contributed by atoms with E-state index in [1.807, 2.05) is 64.9 Å². The van der Waals surface area contributed by atoms with Crippen molar-refractivity contribution >= 4 is 23.8 Å². The second-order valence-electron chi connectivity index (χ2n) is 7.40. The van der Waals surface area contributed by atoms with Gasteiger partial charge in [0, 0.05) is 17.4 Å². The molecule has 1 atom stereocenters. The number of halogens is 1. The van der Waals surface area contributed by atoms with E-state index in [0.717, 1.165) is 22.6 Å². The molecule has 4 aromatic rings. The maximum Gasteiger partial charge on any atom is 0.180 e. The molecule has 0 aliphatic carbocycles. The zero-order chi connectivity index (χ0) is 22.1. The van der Waals surface area contributed by atoms with E-state index in [1.54, 1.807) is 19.6 Å². The van der Waals surface area contributed by atoms with E-state index in [4.69, 9.17) is 26.1 Å². The molecule has 0 bridgehead atoms. The van der Waals surface area contributed by atoms with Crippen LogP contribution in [0.3, 0.4) is 0 Å². The SMILES string of the molecule is COc1cc(/C=C/c2nc3n(n2)CCO[C@H]3c2ccc(Cl)cc2)cnc1-n1cnc(C)c1. The minimum atomic E-state index is -0.268. The average molecular weight is 449 g/mol. The van der Waals surface area contributed by atoms with Crippen molar-refractivity contribution in [2.45, 2.75) is 19.6 Å². The van der Waals surface area contributed by atoms with E-state index < -0.39 is 0 Å². The Morgan fingerprint density at radius 2 is 2.03 bits per heavy atom. The number of aryl methyl sites for hydroxylation is 1. The largest absolute Gasteiger partial charge is 0.493 e.